The molecule has 11 rings (SSSR count). The van der Waals surface area contributed by atoms with Crippen molar-refractivity contribution >= 4 is 38.9 Å². The maximum atomic E-state index is 5.24. The Morgan fingerprint density at radius 2 is 1.20 bits per heavy atom. The smallest absolute Gasteiger partial charge is 0.145 e. The first kappa shape index (κ1) is 41.7. The minimum atomic E-state index is -0.751. The van der Waals surface area contributed by atoms with Gasteiger partial charge in [0.1, 0.15) is 22.7 Å². The molecule has 1 N–H and O–H groups in total. The Morgan fingerprint density at radius 1 is 0.594 bits per heavy atom. The summed E-state index contributed by atoms with van der Waals surface area (Å²) in [5.74, 6) is 1.61. The predicted molar refractivity (Wildman–Crippen MR) is 260 cm³/mol. The number of pyridine rings is 1. The number of aromatic nitrogens is 2. The van der Waals surface area contributed by atoms with Gasteiger partial charge < -0.3 is 4.57 Å². The van der Waals surface area contributed by atoms with E-state index in [1.54, 1.807) is 0 Å². The van der Waals surface area contributed by atoms with Crippen LogP contribution in [0.1, 0.15) is 93.7 Å². The van der Waals surface area contributed by atoms with Crippen LogP contribution in [-0.4, -0.2) is 20.0 Å². The molecular formula is C58H51N4OPt-. The third kappa shape index (κ3) is 6.31. The molecule has 320 valence electrons. The molecule has 0 fully saturated rings. The average molecular weight is 1020 g/mol. The van der Waals surface area contributed by atoms with Crippen LogP contribution in [-0.2, 0) is 26.5 Å². The van der Waals surface area contributed by atoms with E-state index < -0.39 is 5.41 Å². The van der Waals surface area contributed by atoms with Crippen molar-refractivity contribution in [3.05, 3.63) is 209 Å². The molecular weight excluding hydrogens is 964 g/mol. The van der Waals surface area contributed by atoms with Crippen molar-refractivity contribution in [1.29, 1.82) is 0 Å². The van der Waals surface area contributed by atoms with Crippen LogP contribution in [0.25, 0.3) is 49.9 Å². The molecule has 5 nitrogen and oxygen atoms in total. The van der Waals surface area contributed by atoms with E-state index in [9.17, 15) is 0 Å². The van der Waals surface area contributed by atoms with E-state index >= 15 is 0 Å². The summed E-state index contributed by atoms with van der Waals surface area (Å²) in [6.45, 7) is 15.7. The average Bonchev–Trinajstić information content (AvgIpc) is 3.96. The van der Waals surface area contributed by atoms with Crippen LogP contribution in [0.2, 0.25) is 0 Å². The van der Waals surface area contributed by atoms with Gasteiger partial charge in [-0.25, -0.2) is 4.98 Å². The summed E-state index contributed by atoms with van der Waals surface area (Å²) in [7, 11) is 0. The predicted octanol–water partition coefficient (Wildman–Crippen LogP) is 14.6. The van der Waals surface area contributed by atoms with Crippen LogP contribution in [0.4, 0.5) is 17.1 Å². The van der Waals surface area contributed by atoms with Crippen molar-refractivity contribution in [3.8, 4) is 28.1 Å². The Balaban J connectivity index is 0.00000484. The number of fused-ring (bicyclic) bond motifs is 7. The van der Waals surface area contributed by atoms with Crippen molar-refractivity contribution in [2.45, 2.75) is 71.3 Å². The van der Waals surface area contributed by atoms with Crippen LogP contribution < -0.4 is 10.1 Å². The van der Waals surface area contributed by atoms with E-state index in [0.717, 1.165) is 50.4 Å². The van der Waals surface area contributed by atoms with Gasteiger partial charge in [-0.15, -0.1) is 38.8 Å². The zero-order valence-electron chi connectivity index (χ0n) is 37.3. The van der Waals surface area contributed by atoms with E-state index in [0.29, 0.717) is 11.8 Å². The zero-order valence-corrected chi connectivity index (χ0v) is 39.6. The Morgan fingerprint density at radius 3 is 1.89 bits per heavy atom. The summed E-state index contributed by atoms with van der Waals surface area (Å²) in [6.07, 6.45) is 1.98. The van der Waals surface area contributed by atoms with E-state index in [-0.39, 0.29) is 26.6 Å². The number of anilines is 3. The molecule has 0 spiro atoms. The van der Waals surface area contributed by atoms with Crippen molar-refractivity contribution in [2.75, 3.05) is 10.1 Å². The number of benzene rings is 7. The molecule has 64 heavy (non-hydrogen) atoms. The van der Waals surface area contributed by atoms with Gasteiger partial charge in [0.25, 0.3) is 0 Å². The van der Waals surface area contributed by atoms with Crippen molar-refractivity contribution < 1.29 is 26.0 Å². The summed E-state index contributed by atoms with van der Waals surface area (Å²) >= 11 is 0. The Bertz CT molecular complexity index is 3180. The number of hydroxylamine groups is 1. The van der Waals surface area contributed by atoms with Crippen LogP contribution >= 0.6 is 0 Å². The van der Waals surface area contributed by atoms with Gasteiger partial charge in [0.2, 0.25) is 0 Å². The normalized spacial score (nSPS) is 14.0. The second-order valence-corrected chi connectivity index (χ2v) is 18.7. The fourth-order valence-corrected chi connectivity index (χ4v) is 10.4. The summed E-state index contributed by atoms with van der Waals surface area (Å²) < 4.78 is 2.33. The Kier molecular flexibility index (Phi) is 10.3. The minimum Gasteiger partial charge on any atom is -0.319 e. The van der Waals surface area contributed by atoms with E-state index in [4.69, 9.17) is 9.92 Å². The molecule has 0 amide bonds. The zero-order chi connectivity index (χ0) is 43.2. The Hall–Kier alpha value is -6.26. The van der Waals surface area contributed by atoms with E-state index in [1.165, 1.54) is 49.9 Å². The number of hydrogen-bond donors (Lipinski definition) is 0. The summed E-state index contributed by atoms with van der Waals surface area (Å²) in [5.41, 5.74) is 16.2. The molecule has 1 aliphatic heterocycles. The molecule has 3 heterocycles. The maximum absolute atomic E-state index is 5.24. The number of para-hydroxylation sites is 3. The molecule has 2 aliphatic rings. The van der Waals surface area contributed by atoms with E-state index in [1.807, 2.05) is 6.20 Å². The Labute approximate surface area is 391 Å². The molecule has 2 aromatic heterocycles. The second-order valence-electron chi connectivity index (χ2n) is 18.7. The van der Waals surface area contributed by atoms with Crippen LogP contribution in [0, 0.1) is 12.1 Å². The van der Waals surface area contributed by atoms with Crippen LogP contribution in [0.3, 0.4) is 0 Å². The molecule has 0 bridgehead atoms. The van der Waals surface area contributed by atoms with E-state index in [2.05, 4.69) is 233 Å². The van der Waals surface area contributed by atoms with Crippen LogP contribution in [0.5, 0.6) is 0 Å². The first-order valence-corrected chi connectivity index (χ1v) is 22.2. The SMILES string of the molecule is CC(C)c1cccc(C(C)C)c1-c1ccnc(-n2c3[c-]c(C4(c5[c-]c(N6[OH+]N(C(C)(C)C)c7ccccc76)ccc5)c5ccccc5-c5ccccc54)ccc3c3ccccc32)c1.[Pt]. The number of nitrogens with zero attached hydrogens (tertiary/aromatic N) is 4. The quantitative estimate of drug-likeness (QED) is 0.118. The third-order valence-corrected chi connectivity index (χ3v) is 13.1. The van der Waals surface area contributed by atoms with Gasteiger partial charge in [-0.3, -0.25) is 0 Å². The van der Waals surface area contributed by atoms with Gasteiger partial charge in [-0.2, -0.15) is 35.3 Å². The monoisotopic (exact) mass is 1010 g/mol. The molecule has 0 saturated heterocycles. The fraction of sp³-hybridized carbons (Fsp3) is 0.190. The topological polar surface area (TPSA) is 37.1 Å². The van der Waals surface area contributed by atoms with Crippen molar-refractivity contribution in [2.24, 2.45) is 0 Å². The molecule has 0 saturated carbocycles. The number of rotatable bonds is 7. The van der Waals surface area contributed by atoms with Gasteiger partial charge in [0.15, 0.2) is 0 Å². The standard InChI is InChI=1S/C58H50N4O.Pt/c1-37(2)43-23-17-24-44(38(3)4)56(43)39-32-33-59-55(34-39)60-51-27-13-10-22-47(51)48-31-30-41(36-54(48)60)58(49-25-11-8-20-45(49)46-21-9-12-26-50(46)58)40-18-16-19-42(35-40)61-52-28-14-15-29-53(52)62(63-61)57(5,6)7;/h8-34,37-38H,1-7H3;/q-2;/p+1. The first-order chi connectivity index (χ1) is 30.6. The molecule has 9 aromatic rings. The summed E-state index contributed by atoms with van der Waals surface area (Å²) in [6, 6.07) is 65.4. The van der Waals surface area contributed by atoms with Gasteiger partial charge in [0, 0.05) is 43.9 Å². The first-order valence-electron chi connectivity index (χ1n) is 22.2. The third-order valence-electron chi connectivity index (χ3n) is 13.1. The summed E-state index contributed by atoms with van der Waals surface area (Å²) in [4.78, 5) is 10.4. The van der Waals surface area contributed by atoms with Crippen LogP contribution in [0.15, 0.2) is 164 Å². The molecule has 7 aromatic carbocycles. The molecule has 1 aliphatic carbocycles. The minimum absolute atomic E-state index is 0. The fourth-order valence-electron chi connectivity index (χ4n) is 10.4. The van der Waals surface area contributed by atoms with Gasteiger partial charge >= 0.3 is 0 Å². The molecule has 0 atom stereocenters. The maximum Gasteiger partial charge on any atom is 0.145 e. The molecule has 6 heteroatoms. The van der Waals surface area contributed by atoms with Gasteiger partial charge in [0.05, 0.1) is 0 Å². The molecule has 0 radical (unpaired) electrons. The van der Waals surface area contributed by atoms with Crippen molar-refractivity contribution in [1.82, 2.24) is 9.55 Å². The largest absolute Gasteiger partial charge is 0.319 e. The molecule has 0 unspecified atom stereocenters. The summed E-state index contributed by atoms with van der Waals surface area (Å²) in [5, 5.41) is 6.47. The second kappa shape index (κ2) is 15.8. The van der Waals surface area contributed by atoms with Gasteiger partial charge in [-0.1, -0.05) is 130 Å². The van der Waals surface area contributed by atoms with Crippen molar-refractivity contribution in [3.63, 3.8) is 0 Å². The number of hydrogen-bond acceptors (Lipinski definition) is 3. The van der Waals surface area contributed by atoms with Gasteiger partial charge in [-0.05, 0) is 113 Å².